The van der Waals surface area contributed by atoms with E-state index in [1.807, 2.05) is 19.1 Å². The van der Waals surface area contributed by atoms with Crippen LogP contribution in [0.25, 0.3) is 6.08 Å². The Hall–Kier alpha value is -4.37. The van der Waals surface area contributed by atoms with Crippen LogP contribution in [0.1, 0.15) is 18.1 Å². The number of anilines is 2. The van der Waals surface area contributed by atoms with Crippen molar-refractivity contribution in [2.24, 2.45) is 0 Å². The lowest BCUT2D eigenvalue weighted by Gasteiger charge is -2.29. The van der Waals surface area contributed by atoms with Crippen LogP contribution in [0.2, 0.25) is 0 Å². The number of hydrogen-bond donors (Lipinski definition) is 2. The highest BCUT2D eigenvalue weighted by Crippen LogP contribution is 2.23. The monoisotopic (exact) mass is 503 g/mol. The van der Waals surface area contributed by atoms with Gasteiger partial charge < -0.3 is 10.1 Å². The van der Waals surface area contributed by atoms with Gasteiger partial charge in [0.2, 0.25) is 0 Å². The molecular weight excluding hydrogens is 481 g/mol. The van der Waals surface area contributed by atoms with Crippen molar-refractivity contribution in [1.29, 1.82) is 0 Å². The summed E-state index contributed by atoms with van der Waals surface area (Å²) in [6.07, 6.45) is 2.33. The maximum Gasteiger partial charge on any atom is 0.270 e. The molecule has 1 saturated heterocycles. The van der Waals surface area contributed by atoms with E-state index in [1.54, 1.807) is 36.4 Å². The Kier molecular flexibility index (Phi) is 7.50. The van der Waals surface area contributed by atoms with E-state index in [4.69, 9.17) is 17.0 Å². The summed E-state index contributed by atoms with van der Waals surface area (Å²) in [7, 11) is 0. The normalized spacial score (nSPS) is 14.6. The first-order valence-electron chi connectivity index (χ1n) is 11.1. The van der Waals surface area contributed by atoms with Gasteiger partial charge in [0.25, 0.3) is 17.7 Å². The molecule has 0 atom stereocenters. The Morgan fingerprint density at radius 2 is 1.69 bits per heavy atom. The fraction of sp³-hybridized carbons (Fsp3) is 0.111. The van der Waals surface area contributed by atoms with Crippen molar-refractivity contribution in [2.45, 2.75) is 13.3 Å². The Morgan fingerprint density at radius 3 is 2.33 bits per heavy atom. The largest absolute Gasteiger partial charge is 0.484 e. The highest BCUT2D eigenvalue weighted by atomic mass is 32.1. The van der Waals surface area contributed by atoms with Crippen molar-refractivity contribution in [3.05, 3.63) is 95.3 Å². The van der Waals surface area contributed by atoms with Crippen LogP contribution in [0.4, 0.5) is 15.8 Å². The number of ether oxygens (including phenoxy) is 1. The molecule has 0 saturated carbocycles. The van der Waals surface area contributed by atoms with Crippen LogP contribution >= 0.6 is 12.2 Å². The Morgan fingerprint density at radius 1 is 1.03 bits per heavy atom. The average Bonchev–Trinajstić information content (AvgIpc) is 2.87. The smallest absolute Gasteiger partial charge is 0.270 e. The van der Waals surface area contributed by atoms with Gasteiger partial charge in [0.1, 0.15) is 17.1 Å². The van der Waals surface area contributed by atoms with Crippen molar-refractivity contribution in [3.8, 4) is 5.75 Å². The number of nitrogens with zero attached hydrogens (tertiary/aromatic N) is 1. The first-order valence-corrected chi connectivity index (χ1v) is 11.5. The van der Waals surface area contributed by atoms with Crippen molar-refractivity contribution >= 4 is 52.5 Å². The van der Waals surface area contributed by atoms with Crippen LogP contribution in [0.15, 0.2) is 78.4 Å². The number of halogens is 1. The van der Waals surface area contributed by atoms with Gasteiger partial charge in [-0.25, -0.2) is 4.39 Å². The van der Waals surface area contributed by atoms with Crippen LogP contribution in [0.3, 0.4) is 0 Å². The molecule has 1 heterocycles. The van der Waals surface area contributed by atoms with Crippen LogP contribution in [-0.2, 0) is 20.8 Å². The minimum atomic E-state index is -0.579. The number of benzene rings is 3. The molecule has 0 bridgehead atoms. The molecule has 3 aromatic rings. The second kappa shape index (κ2) is 10.9. The van der Waals surface area contributed by atoms with E-state index in [1.165, 1.54) is 35.2 Å². The molecule has 3 aromatic carbocycles. The number of amides is 3. The lowest BCUT2D eigenvalue weighted by molar-refractivity contribution is -0.122. The van der Waals surface area contributed by atoms with Gasteiger partial charge in [-0.05, 0) is 84.4 Å². The van der Waals surface area contributed by atoms with E-state index in [0.717, 1.165) is 12.0 Å². The van der Waals surface area contributed by atoms with Crippen LogP contribution in [-0.4, -0.2) is 29.4 Å². The van der Waals surface area contributed by atoms with Crippen molar-refractivity contribution in [2.75, 3.05) is 16.8 Å². The third-order valence-electron chi connectivity index (χ3n) is 5.39. The molecule has 1 aliphatic rings. The molecule has 9 heteroatoms. The molecule has 4 rings (SSSR count). The first-order chi connectivity index (χ1) is 17.3. The predicted octanol–water partition coefficient (Wildman–Crippen LogP) is 4.24. The summed E-state index contributed by atoms with van der Waals surface area (Å²) in [6.45, 7) is 1.79. The maximum absolute atomic E-state index is 13.1. The summed E-state index contributed by atoms with van der Waals surface area (Å²) < 4.78 is 18.4. The van der Waals surface area contributed by atoms with Crippen molar-refractivity contribution in [3.63, 3.8) is 0 Å². The SMILES string of the molecule is CCc1ccc(N2C(=O)/C(=C/c3ccc(OCC(=O)Nc4ccc(F)cc4)cc3)C(=O)NC2=S)cc1. The van der Waals surface area contributed by atoms with Gasteiger partial charge >= 0.3 is 0 Å². The number of hydrogen-bond acceptors (Lipinski definition) is 5. The standard InChI is InChI=1S/C27H22FN3O4S/c1-2-17-3-11-21(12-4-17)31-26(34)23(25(33)30-27(31)36)15-18-5-13-22(14-6-18)35-16-24(32)29-20-9-7-19(28)8-10-20/h3-15H,2,16H2,1H3,(H,29,32)(H,30,33,36)/b23-15+. The number of nitrogens with one attached hydrogen (secondary N) is 2. The highest BCUT2D eigenvalue weighted by Gasteiger charge is 2.34. The van der Waals surface area contributed by atoms with E-state index in [2.05, 4.69) is 10.6 Å². The molecule has 1 aliphatic heterocycles. The Labute approximate surface area is 212 Å². The fourth-order valence-corrected chi connectivity index (χ4v) is 3.76. The summed E-state index contributed by atoms with van der Waals surface area (Å²) in [5.74, 6) is -1.48. The zero-order valence-corrected chi connectivity index (χ0v) is 20.1. The van der Waals surface area contributed by atoms with Crippen LogP contribution in [0.5, 0.6) is 5.75 Å². The molecule has 2 N–H and O–H groups in total. The third kappa shape index (κ3) is 5.81. The van der Waals surface area contributed by atoms with Crippen molar-refractivity contribution < 1.29 is 23.5 Å². The maximum atomic E-state index is 13.1. The van der Waals surface area contributed by atoms with Gasteiger partial charge in [-0.2, -0.15) is 0 Å². The van der Waals surface area contributed by atoms with Gasteiger partial charge in [-0.15, -0.1) is 0 Å². The summed E-state index contributed by atoms with van der Waals surface area (Å²) in [5, 5.41) is 5.19. The predicted molar refractivity (Wildman–Crippen MR) is 139 cm³/mol. The van der Waals surface area contributed by atoms with Gasteiger partial charge in [-0.3, -0.25) is 24.6 Å². The van der Waals surface area contributed by atoms with Gasteiger partial charge in [0.05, 0.1) is 5.69 Å². The topological polar surface area (TPSA) is 87.7 Å². The third-order valence-corrected chi connectivity index (χ3v) is 5.68. The quantitative estimate of drug-likeness (QED) is 0.286. The zero-order chi connectivity index (χ0) is 25.7. The fourth-order valence-electron chi connectivity index (χ4n) is 3.48. The Bertz CT molecular complexity index is 1340. The molecule has 7 nitrogen and oxygen atoms in total. The van der Waals surface area contributed by atoms with E-state index < -0.39 is 23.5 Å². The molecule has 0 aliphatic carbocycles. The number of aryl methyl sites for hydroxylation is 1. The number of rotatable bonds is 7. The molecular formula is C27H22FN3O4S. The molecule has 0 radical (unpaired) electrons. The second-order valence-corrected chi connectivity index (χ2v) is 8.28. The second-order valence-electron chi connectivity index (χ2n) is 7.89. The van der Waals surface area contributed by atoms with E-state index in [9.17, 15) is 18.8 Å². The summed E-state index contributed by atoms with van der Waals surface area (Å²) in [6, 6.07) is 19.3. The van der Waals surface area contributed by atoms with Crippen molar-refractivity contribution in [1.82, 2.24) is 5.32 Å². The molecule has 36 heavy (non-hydrogen) atoms. The summed E-state index contributed by atoms with van der Waals surface area (Å²) in [4.78, 5) is 39.0. The summed E-state index contributed by atoms with van der Waals surface area (Å²) >= 11 is 5.24. The molecule has 0 aromatic heterocycles. The van der Waals surface area contributed by atoms with Crippen LogP contribution in [0, 0.1) is 5.82 Å². The average molecular weight is 504 g/mol. The number of carbonyl (C=O) groups is 3. The number of carbonyl (C=O) groups excluding carboxylic acids is 3. The van der Waals surface area contributed by atoms with Gasteiger partial charge in [-0.1, -0.05) is 31.2 Å². The van der Waals surface area contributed by atoms with Gasteiger partial charge in [0.15, 0.2) is 11.7 Å². The Balaban J connectivity index is 1.42. The minimum Gasteiger partial charge on any atom is -0.484 e. The van der Waals surface area contributed by atoms with E-state index in [-0.39, 0.29) is 17.3 Å². The molecule has 3 amide bonds. The highest BCUT2D eigenvalue weighted by molar-refractivity contribution is 7.80. The summed E-state index contributed by atoms with van der Waals surface area (Å²) in [5.41, 5.74) is 2.67. The zero-order valence-electron chi connectivity index (χ0n) is 19.3. The lowest BCUT2D eigenvalue weighted by Crippen LogP contribution is -2.54. The molecule has 182 valence electrons. The minimum absolute atomic E-state index is 0.0223. The van der Waals surface area contributed by atoms with Crippen LogP contribution < -0.4 is 20.3 Å². The van der Waals surface area contributed by atoms with Gasteiger partial charge in [0, 0.05) is 5.69 Å². The molecule has 1 fully saturated rings. The lowest BCUT2D eigenvalue weighted by atomic mass is 10.1. The van der Waals surface area contributed by atoms with E-state index in [0.29, 0.717) is 22.7 Å². The number of thiocarbonyl (C=S) groups is 1. The first kappa shape index (κ1) is 24.7. The molecule has 0 unspecified atom stereocenters. The molecule has 0 spiro atoms. The van der Waals surface area contributed by atoms with E-state index >= 15 is 0 Å².